The largest absolute Gasteiger partial charge is 0.493 e. The van der Waals surface area contributed by atoms with Crippen LogP contribution in [-0.4, -0.2) is 23.2 Å². The third-order valence-electron chi connectivity index (χ3n) is 4.10. The molecule has 0 unspecified atom stereocenters. The van der Waals surface area contributed by atoms with Crippen LogP contribution in [0.4, 0.5) is 0 Å². The number of carbonyl (C=O) groups is 1. The Hall–Kier alpha value is -3.80. The lowest BCUT2D eigenvalue weighted by molar-refractivity contribution is -0.131. The van der Waals surface area contributed by atoms with Gasteiger partial charge in [-0.25, -0.2) is 9.78 Å². The van der Waals surface area contributed by atoms with E-state index in [0.717, 1.165) is 17.2 Å². The molecule has 0 amide bonds. The van der Waals surface area contributed by atoms with Gasteiger partial charge in [-0.05, 0) is 36.8 Å². The molecule has 1 aromatic heterocycles. The fourth-order valence-electron chi connectivity index (χ4n) is 2.62. The monoisotopic (exact) mass is 391 g/mol. The highest BCUT2D eigenvalue weighted by molar-refractivity contribution is 5.80. The van der Waals surface area contributed by atoms with Crippen molar-refractivity contribution in [2.75, 3.05) is 7.11 Å². The average Bonchev–Trinajstić information content (AvgIpc) is 3.11. The zero-order valence-electron chi connectivity index (χ0n) is 16.2. The molecule has 0 atom stereocenters. The maximum absolute atomic E-state index is 10.5. The normalized spacial score (nSPS) is 11.2. The van der Waals surface area contributed by atoms with Crippen LogP contribution in [0, 0.1) is 6.92 Å². The smallest absolute Gasteiger partial charge is 0.328 e. The zero-order valence-corrected chi connectivity index (χ0v) is 16.2. The van der Waals surface area contributed by atoms with Crippen LogP contribution in [0.25, 0.3) is 17.5 Å². The van der Waals surface area contributed by atoms with Crippen molar-refractivity contribution >= 4 is 12.0 Å². The predicted molar refractivity (Wildman–Crippen MR) is 110 cm³/mol. The molecule has 0 bridgehead atoms. The Labute approximate surface area is 168 Å². The minimum Gasteiger partial charge on any atom is -0.493 e. The Morgan fingerprint density at radius 3 is 2.66 bits per heavy atom. The molecule has 6 nitrogen and oxygen atoms in total. The van der Waals surface area contributed by atoms with Gasteiger partial charge in [0.25, 0.3) is 0 Å². The molecule has 29 heavy (non-hydrogen) atoms. The fraction of sp³-hybridized carbons (Fsp3) is 0.130. The molecule has 0 saturated heterocycles. The van der Waals surface area contributed by atoms with Gasteiger partial charge in [-0.15, -0.1) is 0 Å². The van der Waals surface area contributed by atoms with Gasteiger partial charge >= 0.3 is 5.97 Å². The Kier molecular flexibility index (Phi) is 6.47. The van der Waals surface area contributed by atoms with Gasteiger partial charge in [-0.3, -0.25) is 0 Å². The summed E-state index contributed by atoms with van der Waals surface area (Å²) >= 11 is 0. The summed E-state index contributed by atoms with van der Waals surface area (Å²) in [5, 5.41) is 8.60. The van der Waals surface area contributed by atoms with Crippen LogP contribution in [0.1, 0.15) is 17.0 Å². The topological polar surface area (TPSA) is 81.8 Å². The van der Waals surface area contributed by atoms with E-state index in [4.69, 9.17) is 19.0 Å². The van der Waals surface area contributed by atoms with Crippen LogP contribution in [0.15, 0.2) is 71.2 Å². The Morgan fingerprint density at radius 2 is 1.93 bits per heavy atom. The second-order valence-electron chi connectivity index (χ2n) is 6.14. The third kappa shape index (κ3) is 5.35. The molecule has 0 radical (unpaired) electrons. The number of ether oxygens (including phenoxy) is 2. The minimum absolute atomic E-state index is 0.245. The standard InChI is InChI=1S/C23H21NO5/c1-16-19(24-23(29-16)18-9-4-3-5-10-18)15-28-20-13-12-17(14-21(20)27-2)8-6-7-11-22(25)26/h3-14H,15H2,1-2H3,(H,25,26). The van der Waals surface area contributed by atoms with E-state index < -0.39 is 5.97 Å². The molecular formula is C23H21NO5. The minimum atomic E-state index is -0.991. The molecule has 1 heterocycles. The highest BCUT2D eigenvalue weighted by Crippen LogP contribution is 2.30. The van der Waals surface area contributed by atoms with Crippen molar-refractivity contribution in [3.8, 4) is 23.0 Å². The molecule has 0 spiro atoms. The average molecular weight is 391 g/mol. The lowest BCUT2D eigenvalue weighted by atomic mass is 10.2. The second-order valence-corrected chi connectivity index (χ2v) is 6.14. The van der Waals surface area contributed by atoms with E-state index in [1.54, 1.807) is 25.3 Å². The van der Waals surface area contributed by atoms with Crippen molar-refractivity contribution < 1.29 is 23.8 Å². The summed E-state index contributed by atoms with van der Waals surface area (Å²) in [7, 11) is 1.56. The van der Waals surface area contributed by atoms with Crippen molar-refractivity contribution in [1.29, 1.82) is 0 Å². The molecule has 0 aliphatic rings. The Bertz CT molecular complexity index is 1030. The van der Waals surface area contributed by atoms with Crippen molar-refractivity contribution in [3.05, 3.63) is 83.8 Å². The number of allylic oxidation sites excluding steroid dienone is 2. The van der Waals surface area contributed by atoms with E-state index in [2.05, 4.69) is 4.98 Å². The summed E-state index contributed by atoms with van der Waals surface area (Å²) in [6.45, 7) is 2.10. The first-order valence-electron chi connectivity index (χ1n) is 8.97. The number of hydrogen-bond acceptors (Lipinski definition) is 5. The van der Waals surface area contributed by atoms with E-state index >= 15 is 0 Å². The lowest BCUT2D eigenvalue weighted by Crippen LogP contribution is -1.99. The van der Waals surface area contributed by atoms with Gasteiger partial charge in [0.15, 0.2) is 11.5 Å². The molecule has 1 N–H and O–H groups in total. The lowest BCUT2D eigenvalue weighted by Gasteiger charge is -2.10. The van der Waals surface area contributed by atoms with Crippen LogP contribution < -0.4 is 9.47 Å². The number of nitrogens with zero attached hydrogens (tertiary/aromatic N) is 1. The van der Waals surface area contributed by atoms with Crippen molar-refractivity contribution in [2.24, 2.45) is 0 Å². The SMILES string of the molecule is COc1cc(C=CC=CC(=O)O)ccc1OCc1nc(-c2ccccc2)oc1C. The molecule has 0 aliphatic carbocycles. The quantitative estimate of drug-likeness (QED) is 0.435. The van der Waals surface area contributed by atoms with Gasteiger partial charge < -0.3 is 19.0 Å². The highest BCUT2D eigenvalue weighted by atomic mass is 16.5. The summed E-state index contributed by atoms with van der Waals surface area (Å²) in [6, 6.07) is 15.2. The number of carboxylic acid groups (broad SMARTS) is 1. The van der Waals surface area contributed by atoms with E-state index in [0.29, 0.717) is 28.8 Å². The van der Waals surface area contributed by atoms with E-state index in [9.17, 15) is 4.79 Å². The van der Waals surface area contributed by atoms with Gasteiger partial charge in [0.2, 0.25) is 5.89 Å². The molecule has 0 aliphatic heterocycles. The molecular weight excluding hydrogens is 370 g/mol. The van der Waals surface area contributed by atoms with Crippen molar-refractivity contribution in [1.82, 2.24) is 4.98 Å². The maximum Gasteiger partial charge on any atom is 0.328 e. The number of methoxy groups -OCH3 is 1. The van der Waals surface area contributed by atoms with Gasteiger partial charge in [0, 0.05) is 11.6 Å². The summed E-state index contributed by atoms with van der Waals surface area (Å²) in [6.07, 6.45) is 5.94. The predicted octanol–water partition coefficient (Wildman–Crippen LogP) is 4.89. The summed E-state index contributed by atoms with van der Waals surface area (Å²) in [5.41, 5.74) is 2.48. The third-order valence-corrected chi connectivity index (χ3v) is 4.10. The summed E-state index contributed by atoms with van der Waals surface area (Å²) in [5.74, 6) is 1.42. The van der Waals surface area contributed by atoms with Gasteiger partial charge in [0.1, 0.15) is 18.1 Å². The van der Waals surface area contributed by atoms with Crippen LogP contribution in [0.2, 0.25) is 0 Å². The number of rotatable bonds is 8. The van der Waals surface area contributed by atoms with Crippen LogP contribution in [0.3, 0.4) is 0 Å². The molecule has 148 valence electrons. The Morgan fingerprint density at radius 1 is 1.14 bits per heavy atom. The number of aliphatic carboxylic acids is 1. The molecule has 0 fully saturated rings. The molecule has 0 saturated carbocycles. The maximum atomic E-state index is 10.5. The van der Waals surface area contributed by atoms with E-state index in [-0.39, 0.29) is 6.61 Å². The molecule has 6 heteroatoms. The van der Waals surface area contributed by atoms with Gasteiger partial charge in [-0.2, -0.15) is 0 Å². The van der Waals surface area contributed by atoms with E-state index in [1.807, 2.05) is 49.4 Å². The number of benzene rings is 2. The highest BCUT2D eigenvalue weighted by Gasteiger charge is 2.13. The Balaban J connectivity index is 1.71. The first-order chi connectivity index (χ1) is 14.1. The number of oxazole rings is 1. The number of carboxylic acids is 1. The van der Waals surface area contributed by atoms with Gasteiger partial charge in [0.05, 0.1) is 7.11 Å². The molecule has 3 rings (SSSR count). The van der Waals surface area contributed by atoms with Crippen LogP contribution in [0.5, 0.6) is 11.5 Å². The number of aryl methyl sites for hydroxylation is 1. The first kappa shape index (κ1) is 19.9. The number of hydrogen-bond donors (Lipinski definition) is 1. The van der Waals surface area contributed by atoms with E-state index in [1.165, 1.54) is 6.08 Å². The van der Waals surface area contributed by atoms with Crippen LogP contribution in [-0.2, 0) is 11.4 Å². The fourth-order valence-corrected chi connectivity index (χ4v) is 2.62. The summed E-state index contributed by atoms with van der Waals surface area (Å²) < 4.78 is 17.1. The second kappa shape index (κ2) is 9.41. The number of aromatic nitrogens is 1. The van der Waals surface area contributed by atoms with Crippen molar-refractivity contribution in [2.45, 2.75) is 13.5 Å². The molecule has 3 aromatic rings. The van der Waals surface area contributed by atoms with Crippen LogP contribution >= 0.6 is 0 Å². The summed E-state index contributed by atoms with van der Waals surface area (Å²) in [4.78, 5) is 15.0. The molecule has 2 aromatic carbocycles. The first-order valence-corrected chi connectivity index (χ1v) is 8.97. The van der Waals surface area contributed by atoms with Gasteiger partial charge in [-0.1, -0.05) is 42.5 Å². The van der Waals surface area contributed by atoms with Crippen molar-refractivity contribution in [3.63, 3.8) is 0 Å². The zero-order chi connectivity index (χ0) is 20.6.